The molecule has 0 aromatic carbocycles. The molecule has 0 bridgehead atoms. The molecule has 7 heavy (non-hydrogen) atoms. The summed E-state index contributed by atoms with van der Waals surface area (Å²) in [6, 6.07) is 0. The molecule has 0 aromatic rings. The minimum atomic E-state index is 0. The molecular formula is C4H10BrLiO. The van der Waals surface area contributed by atoms with Crippen molar-refractivity contribution in [3.05, 3.63) is 0 Å². The van der Waals surface area contributed by atoms with Gasteiger partial charge in [-0.25, -0.2) is 0 Å². The Kier molecular flexibility index (Phi) is 35.3. The van der Waals surface area contributed by atoms with Crippen LogP contribution in [0.25, 0.3) is 0 Å². The van der Waals surface area contributed by atoms with Gasteiger partial charge in [-0.2, -0.15) is 0 Å². The van der Waals surface area contributed by atoms with E-state index in [4.69, 9.17) is 5.11 Å². The fourth-order valence-electron chi connectivity index (χ4n) is 0.158. The molecule has 0 fully saturated rings. The number of aliphatic hydroxyl groups is 1. The van der Waals surface area contributed by atoms with E-state index in [-0.39, 0.29) is 35.8 Å². The maximum Gasteiger partial charge on any atom is 1.00 e. The van der Waals surface area contributed by atoms with Crippen LogP contribution in [-0.4, -0.2) is 11.7 Å². The van der Waals surface area contributed by atoms with Gasteiger partial charge < -0.3 is 22.1 Å². The van der Waals surface area contributed by atoms with Crippen LogP contribution in [0.3, 0.4) is 0 Å². The fraction of sp³-hybridized carbons (Fsp3) is 1.00. The Morgan fingerprint density at radius 1 is 1.43 bits per heavy atom. The van der Waals surface area contributed by atoms with Crippen molar-refractivity contribution in [2.24, 2.45) is 0 Å². The van der Waals surface area contributed by atoms with Gasteiger partial charge in [-0.15, -0.1) is 0 Å². The van der Waals surface area contributed by atoms with Crippen LogP contribution in [0.5, 0.6) is 0 Å². The summed E-state index contributed by atoms with van der Waals surface area (Å²) in [5, 5.41) is 8.07. The van der Waals surface area contributed by atoms with Gasteiger partial charge in [0.15, 0.2) is 0 Å². The van der Waals surface area contributed by atoms with E-state index >= 15 is 0 Å². The Bertz CT molecular complexity index is 19.2. The van der Waals surface area contributed by atoms with Crippen LogP contribution in [0, 0.1) is 0 Å². The molecule has 0 aliphatic heterocycles. The van der Waals surface area contributed by atoms with E-state index in [0.29, 0.717) is 6.61 Å². The van der Waals surface area contributed by atoms with Crippen molar-refractivity contribution in [2.75, 3.05) is 6.61 Å². The van der Waals surface area contributed by atoms with E-state index in [2.05, 4.69) is 6.92 Å². The molecule has 0 heterocycles. The topological polar surface area (TPSA) is 20.2 Å². The summed E-state index contributed by atoms with van der Waals surface area (Å²) in [7, 11) is 0. The van der Waals surface area contributed by atoms with Gasteiger partial charge >= 0.3 is 18.9 Å². The van der Waals surface area contributed by atoms with Crippen molar-refractivity contribution < 1.29 is 40.9 Å². The number of hydrogen-bond donors (Lipinski definition) is 1. The summed E-state index contributed by atoms with van der Waals surface area (Å²) in [6.07, 6.45) is 2.04. The molecule has 1 nitrogen and oxygen atoms in total. The molecule has 0 radical (unpaired) electrons. The van der Waals surface area contributed by atoms with Gasteiger partial charge in [0, 0.05) is 6.61 Å². The molecule has 0 saturated heterocycles. The predicted molar refractivity (Wildman–Crippen MR) is 22.0 cm³/mol. The third-order valence-corrected chi connectivity index (χ3v) is 0.512. The predicted octanol–water partition coefficient (Wildman–Crippen LogP) is -5.21. The summed E-state index contributed by atoms with van der Waals surface area (Å²) in [4.78, 5) is 0. The molecule has 0 aliphatic carbocycles. The summed E-state index contributed by atoms with van der Waals surface area (Å²) in [6.45, 7) is 2.40. The zero-order valence-electron chi connectivity index (χ0n) is 4.95. The van der Waals surface area contributed by atoms with E-state index in [1.54, 1.807) is 0 Å². The van der Waals surface area contributed by atoms with Crippen LogP contribution < -0.4 is 35.8 Å². The molecular weight excluding hydrogens is 151 g/mol. The second-order valence-electron chi connectivity index (χ2n) is 1.08. The van der Waals surface area contributed by atoms with E-state index in [0.717, 1.165) is 12.8 Å². The first-order chi connectivity index (χ1) is 2.41. The normalized spacial score (nSPS) is 6.00. The van der Waals surface area contributed by atoms with Crippen LogP contribution in [0.15, 0.2) is 0 Å². The number of unbranched alkanes of at least 4 members (excludes halogenated alkanes) is 1. The van der Waals surface area contributed by atoms with Crippen molar-refractivity contribution in [3.8, 4) is 0 Å². The van der Waals surface area contributed by atoms with Gasteiger partial charge in [-0.05, 0) is 6.42 Å². The van der Waals surface area contributed by atoms with Gasteiger partial charge in [-0.3, -0.25) is 0 Å². The first-order valence-electron chi connectivity index (χ1n) is 2.02. The molecule has 0 spiro atoms. The van der Waals surface area contributed by atoms with Gasteiger partial charge in [-0.1, -0.05) is 13.3 Å². The van der Waals surface area contributed by atoms with Crippen molar-refractivity contribution in [3.63, 3.8) is 0 Å². The Hall–Kier alpha value is 1.04. The SMILES string of the molecule is CCCCO.[Br-].[Li+]. The summed E-state index contributed by atoms with van der Waals surface area (Å²) in [5.41, 5.74) is 0. The summed E-state index contributed by atoms with van der Waals surface area (Å²) >= 11 is 0. The Labute approximate surface area is 67.4 Å². The molecule has 0 saturated carbocycles. The monoisotopic (exact) mass is 160 g/mol. The minimum Gasteiger partial charge on any atom is -1.00 e. The second-order valence-corrected chi connectivity index (χ2v) is 1.08. The largest absolute Gasteiger partial charge is 1.00 e. The number of aliphatic hydroxyl groups excluding tert-OH is 1. The van der Waals surface area contributed by atoms with Gasteiger partial charge in [0.25, 0.3) is 0 Å². The molecule has 0 atom stereocenters. The average Bonchev–Trinajstić information content (AvgIpc) is 1.41. The number of rotatable bonds is 2. The second kappa shape index (κ2) is 15.7. The van der Waals surface area contributed by atoms with Crippen LogP contribution in [-0.2, 0) is 0 Å². The van der Waals surface area contributed by atoms with Gasteiger partial charge in [0.2, 0.25) is 0 Å². The Balaban J connectivity index is -0.0000000800. The quantitative estimate of drug-likeness (QED) is 0.401. The molecule has 0 aliphatic rings. The van der Waals surface area contributed by atoms with Crippen molar-refractivity contribution >= 4 is 0 Å². The van der Waals surface area contributed by atoms with Crippen molar-refractivity contribution in [2.45, 2.75) is 19.8 Å². The van der Waals surface area contributed by atoms with Gasteiger partial charge in [0.1, 0.15) is 0 Å². The van der Waals surface area contributed by atoms with E-state index in [1.807, 2.05) is 0 Å². The summed E-state index contributed by atoms with van der Waals surface area (Å²) < 4.78 is 0. The zero-order valence-corrected chi connectivity index (χ0v) is 6.53. The average molecular weight is 161 g/mol. The van der Waals surface area contributed by atoms with Crippen molar-refractivity contribution in [1.29, 1.82) is 0 Å². The van der Waals surface area contributed by atoms with E-state index in [9.17, 15) is 0 Å². The molecule has 0 rings (SSSR count). The van der Waals surface area contributed by atoms with Gasteiger partial charge in [0.05, 0.1) is 0 Å². The number of hydrogen-bond acceptors (Lipinski definition) is 1. The third-order valence-electron chi connectivity index (χ3n) is 0.512. The van der Waals surface area contributed by atoms with Crippen LogP contribution >= 0.6 is 0 Å². The Morgan fingerprint density at radius 2 is 1.86 bits per heavy atom. The van der Waals surface area contributed by atoms with Crippen LogP contribution in [0.1, 0.15) is 19.8 Å². The van der Waals surface area contributed by atoms with Crippen LogP contribution in [0.4, 0.5) is 0 Å². The maximum absolute atomic E-state index is 8.07. The standard InChI is InChI=1S/C4H10O.BrH.Li/c1-2-3-4-5;;/h5H,2-4H2,1H3;1H;/q;;+1/p-1. The Morgan fingerprint density at radius 3 is 1.86 bits per heavy atom. The molecule has 40 valence electrons. The molecule has 3 heteroatoms. The molecule has 0 amide bonds. The third kappa shape index (κ3) is 19.4. The van der Waals surface area contributed by atoms with E-state index < -0.39 is 0 Å². The molecule has 0 unspecified atom stereocenters. The number of halogens is 1. The van der Waals surface area contributed by atoms with Crippen LogP contribution in [0.2, 0.25) is 0 Å². The first kappa shape index (κ1) is 15.7. The maximum atomic E-state index is 8.07. The first-order valence-corrected chi connectivity index (χ1v) is 2.02. The van der Waals surface area contributed by atoms with E-state index in [1.165, 1.54) is 0 Å². The molecule has 1 N–H and O–H groups in total. The van der Waals surface area contributed by atoms with Crippen molar-refractivity contribution in [1.82, 2.24) is 0 Å². The molecule has 0 aromatic heterocycles. The summed E-state index contributed by atoms with van der Waals surface area (Å²) in [5.74, 6) is 0. The smallest absolute Gasteiger partial charge is 1.00 e. The minimum absolute atomic E-state index is 0. The fourth-order valence-corrected chi connectivity index (χ4v) is 0.158. The zero-order chi connectivity index (χ0) is 4.12.